The zero-order chi connectivity index (χ0) is 19.2. The Labute approximate surface area is 159 Å². The average molecular weight is 369 g/mol. The molecule has 1 fully saturated rings. The number of rotatable bonds is 8. The molecule has 0 bridgehead atoms. The van der Waals surface area contributed by atoms with Crippen molar-refractivity contribution in [1.82, 2.24) is 10.6 Å². The number of anilines is 1. The summed E-state index contributed by atoms with van der Waals surface area (Å²) in [6.07, 6.45) is 5.23. The highest BCUT2D eigenvalue weighted by atomic mass is 16.3. The van der Waals surface area contributed by atoms with Crippen LogP contribution >= 0.6 is 0 Å². The summed E-state index contributed by atoms with van der Waals surface area (Å²) < 4.78 is 5.31. The fourth-order valence-electron chi connectivity index (χ4n) is 2.88. The number of hydrogen-bond donors (Lipinski definition) is 3. The van der Waals surface area contributed by atoms with Gasteiger partial charge in [-0.05, 0) is 62.9 Å². The van der Waals surface area contributed by atoms with E-state index in [2.05, 4.69) is 16.0 Å². The Hall–Kier alpha value is -2.76. The van der Waals surface area contributed by atoms with Gasteiger partial charge in [0.2, 0.25) is 5.91 Å². The van der Waals surface area contributed by atoms with Crippen LogP contribution in [0.3, 0.4) is 0 Å². The molecule has 1 aliphatic rings. The van der Waals surface area contributed by atoms with Gasteiger partial charge in [-0.2, -0.15) is 0 Å². The first-order chi connectivity index (χ1) is 13.0. The summed E-state index contributed by atoms with van der Waals surface area (Å²) in [5.41, 5.74) is 1.77. The Kier molecular flexibility index (Phi) is 6.16. The van der Waals surface area contributed by atoms with Crippen LogP contribution in [0.15, 0.2) is 47.1 Å². The lowest BCUT2D eigenvalue weighted by Crippen LogP contribution is -2.41. The van der Waals surface area contributed by atoms with Crippen molar-refractivity contribution in [3.63, 3.8) is 0 Å². The van der Waals surface area contributed by atoms with Crippen molar-refractivity contribution >= 4 is 17.6 Å². The van der Waals surface area contributed by atoms with Crippen LogP contribution in [0.5, 0.6) is 0 Å². The molecule has 1 heterocycles. The first kappa shape index (κ1) is 19.0. The number of carbonyl (C=O) groups excluding carboxylic acids is 2. The van der Waals surface area contributed by atoms with E-state index in [-0.39, 0.29) is 29.9 Å². The minimum Gasteiger partial charge on any atom is -0.469 e. The number of benzene rings is 1. The van der Waals surface area contributed by atoms with Crippen molar-refractivity contribution < 1.29 is 14.0 Å². The predicted octanol–water partition coefficient (Wildman–Crippen LogP) is 4.01. The van der Waals surface area contributed by atoms with Gasteiger partial charge in [-0.25, -0.2) is 4.79 Å². The fraction of sp³-hybridized carbons (Fsp3) is 0.429. The van der Waals surface area contributed by atoms with E-state index >= 15 is 0 Å². The molecule has 1 aliphatic carbocycles. The van der Waals surface area contributed by atoms with Gasteiger partial charge in [-0.3, -0.25) is 4.79 Å². The molecule has 6 heteroatoms. The molecule has 2 atom stereocenters. The summed E-state index contributed by atoms with van der Waals surface area (Å²) in [5.74, 6) is 1.20. The van der Waals surface area contributed by atoms with E-state index in [1.807, 2.05) is 50.2 Å². The Morgan fingerprint density at radius 1 is 1.11 bits per heavy atom. The molecule has 0 radical (unpaired) electrons. The average Bonchev–Trinajstić information content (AvgIpc) is 3.37. The maximum atomic E-state index is 12.2. The monoisotopic (exact) mass is 369 g/mol. The maximum Gasteiger partial charge on any atom is 0.315 e. The number of amides is 3. The first-order valence-corrected chi connectivity index (χ1v) is 9.51. The van der Waals surface area contributed by atoms with Gasteiger partial charge in [0.1, 0.15) is 5.76 Å². The minimum atomic E-state index is -0.194. The van der Waals surface area contributed by atoms with Crippen LogP contribution < -0.4 is 16.0 Å². The van der Waals surface area contributed by atoms with Gasteiger partial charge in [0.25, 0.3) is 0 Å². The number of urea groups is 1. The molecule has 0 aliphatic heterocycles. The molecule has 3 amide bonds. The Balaban J connectivity index is 1.42. The second-order valence-corrected chi connectivity index (χ2v) is 7.24. The SMILES string of the molecule is C[C@H](NC(=O)N[C@@H](C)CCc1ccco1)c1ccc(NC(=O)C2CC2)cc1. The molecule has 0 unspecified atom stereocenters. The second-order valence-electron chi connectivity index (χ2n) is 7.24. The van der Waals surface area contributed by atoms with Crippen LogP contribution in [0.2, 0.25) is 0 Å². The van der Waals surface area contributed by atoms with E-state index < -0.39 is 0 Å². The van der Waals surface area contributed by atoms with Crippen molar-refractivity contribution in [3.05, 3.63) is 54.0 Å². The van der Waals surface area contributed by atoms with Gasteiger partial charge in [-0.1, -0.05) is 12.1 Å². The third-order valence-corrected chi connectivity index (χ3v) is 4.76. The second kappa shape index (κ2) is 8.75. The van der Waals surface area contributed by atoms with Crippen LogP contribution in [0.25, 0.3) is 0 Å². The molecule has 0 saturated heterocycles. The van der Waals surface area contributed by atoms with Gasteiger partial charge in [0.05, 0.1) is 12.3 Å². The third-order valence-electron chi connectivity index (χ3n) is 4.76. The largest absolute Gasteiger partial charge is 0.469 e. The zero-order valence-electron chi connectivity index (χ0n) is 15.8. The van der Waals surface area contributed by atoms with Crippen molar-refractivity contribution in [2.45, 2.75) is 51.6 Å². The summed E-state index contributed by atoms with van der Waals surface area (Å²) in [5, 5.41) is 8.82. The molecule has 1 aromatic heterocycles. The summed E-state index contributed by atoms with van der Waals surface area (Å²) in [4.78, 5) is 24.0. The van der Waals surface area contributed by atoms with Crippen LogP contribution in [0, 0.1) is 5.92 Å². The van der Waals surface area contributed by atoms with Gasteiger partial charge in [0, 0.05) is 24.1 Å². The van der Waals surface area contributed by atoms with Gasteiger partial charge in [0.15, 0.2) is 0 Å². The summed E-state index contributed by atoms with van der Waals surface area (Å²) in [7, 11) is 0. The molecular formula is C21H27N3O3. The third kappa shape index (κ3) is 5.88. The molecule has 144 valence electrons. The maximum absolute atomic E-state index is 12.2. The van der Waals surface area contributed by atoms with Crippen LogP contribution in [-0.4, -0.2) is 18.0 Å². The van der Waals surface area contributed by atoms with Crippen LogP contribution in [0.1, 0.15) is 50.5 Å². The van der Waals surface area contributed by atoms with E-state index in [0.29, 0.717) is 0 Å². The van der Waals surface area contributed by atoms with Gasteiger partial charge in [-0.15, -0.1) is 0 Å². The number of carbonyl (C=O) groups is 2. The lowest BCUT2D eigenvalue weighted by Gasteiger charge is -2.18. The number of hydrogen-bond acceptors (Lipinski definition) is 3. The Morgan fingerprint density at radius 2 is 1.85 bits per heavy atom. The van der Waals surface area contributed by atoms with Gasteiger partial charge >= 0.3 is 6.03 Å². The molecule has 1 saturated carbocycles. The highest BCUT2D eigenvalue weighted by Gasteiger charge is 2.29. The Bertz CT molecular complexity index is 751. The van der Waals surface area contributed by atoms with Crippen molar-refractivity contribution in [2.24, 2.45) is 5.92 Å². The molecule has 2 aromatic rings. The molecular weight excluding hydrogens is 342 g/mol. The van der Waals surface area contributed by atoms with E-state index in [9.17, 15) is 9.59 Å². The lowest BCUT2D eigenvalue weighted by molar-refractivity contribution is -0.117. The van der Waals surface area contributed by atoms with E-state index in [1.54, 1.807) is 6.26 Å². The predicted molar refractivity (Wildman–Crippen MR) is 104 cm³/mol. The number of nitrogens with one attached hydrogen (secondary N) is 3. The van der Waals surface area contributed by atoms with Gasteiger partial charge < -0.3 is 20.4 Å². The smallest absolute Gasteiger partial charge is 0.315 e. The van der Waals surface area contributed by atoms with E-state index in [1.165, 1.54) is 0 Å². The number of furan rings is 1. The highest BCUT2D eigenvalue weighted by Crippen LogP contribution is 2.30. The van der Waals surface area contributed by atoms with E-state index in [4.69, 9.17) is 4.42 Å². The van der Waals surface area contributed by atoms with Crippen LogP contribution in [0.4, 0.5) is 10.5 Å². The molecule has 6 nitrogen and oxygen atoms in total. The molecule has 1 aromatic carbocycles. The topological polar surface area (TPSA) is 83.4 Å². The lowest BCUT2D eigenvalue weighted by atomic mass is 10.1. The fourth-order valence-corrected chi connectivity index (χ4v) is 2.88. The zero-order valence-corrected chi connectivity index (χ0v) is 15.8. The first-order valence-electron chi connectivity index (χ1n) is 9.51. The standard InChI is InChI=1S/C21H27N3O3/c1-14(5-12-19-4-3-13-27-19)22-21(26)23-15(2)16-8-10-18(11-9-16)24-20(25)17-6-7-17/h3-4,8-11,13-15,17H,5-7,12H2,1-2H3,(H,24,25)(H2,22,23,26)/t14-,15-/m0/s1. The highest BCUT2D eigenvalue weighted by molar-refractivity contribution is 5.94. The normalized spacial score (nSPS) is 15.6. The molecule has 3 N–H and O–H groups in total. The van der Waals surface area contributed by atoms with Crippen molar-refractivity contribution in [3.8, 4) is 0 Å². The Morgan fingerprint density at radius 3 is 2.48 bits per heavy atom. The summed E-state index contributed by atoms with van der Waals surface area (Å²) >= 11 is 0. The summed E-state index contributed by atoms with van der Waals surface area (Å²) in [6, 6.07) is 11.1. The number of aryl methyl sites for hydroxylation is 1. The molecule has 0 spiro atoms. The van der Waals surface area contributed by atoms with Crippen molar-refractivity contribution in [2.75, 3.05) is 5.32 Å². The molecule has 27 heavy (non-hydrogen) atoms. The summed E-state index contributed by atoms with van der Waals surface area (Å²) in [6.45, 7) is 3.91. The molecule has 3 rings (SSSR count). The van der Waals surface area contributed by atoms with Crippen molar-refractivity contribution in [1.29, 1.82) is 0 Å². The van der Waals surface area contributed by atoms with Crippen LogP contribution in [-0.2, 0) is 11.2 Å². The quantitative estimate of drug-likeness (QED) is 0.657. The van der Waals surface area contributed by atoms with E-state index in [0.717, 1.165) is 42.7 Å². The minimum absolute atomic E-state index is 0.0438.